The number of anilines is 2. The molecule has 0 saturated carbocycles. The summed E-state index contributed by atoms with van der Waals surface area (Å²) in [6.07, 6.45) is 6.18. The summed E-state index contributed by atoms with van der Waals surface area (Å²) in [4.78, 5) is 30.3. The van der Waals surface area contributed by atoms with E-state index in [1.54, 1.807) is 23.3 Å². The van der Waals surface area contributed by atoms with E-state index in [-0.39, 0.29) is 17.1 Å². The third-order valence-corrected chi connectivity index (χ3v) is 5.80. The van der Waals surface area contributed by atoms with Crippen molar-refractivity contribution in [2.24, 2.45) is 5.41 Å². The van der Waals surface area contributed by atoms with Crippen LogP contribution in [-0.2, 0) is 4.79 Å². The molecule has 0 saturated heterocycles. The summed E-state index contributed by atoms with van der Waals surface area (Å²) >= 11 is 0. The number of Topliss-reactive ketones (excluding diaryl/α,β-unsaturated/α-hetero) is 1. The Bertz CT molecular complexity index is 1200. The number of carbonyl (C=O) groups is 2. The van der Waals surface area contributed by atoms with Crippen LogP contribution in [-0.4, -0.2) is 26.5 Å². The molecule has 1 aliphatic heterocycles. The Morgan fingerprint density at radius 3 is 2.61 bits per heavy atom. The van der Waals surface area contributed by atoms with Gasteiger partial charge in [0.2, 0.25) is 0 Å². The summed E-state index contributed by atoms with van der Waals surface area (Å²) in [6, 6.07) is 12.7. The van der Waals surface area contributed by atoms with Crippen LogP contribution in [0, 0.1) is 5.41 Å². The Morgan fingerprint density at radius 1 is 1.13 bits per heavy atom. The number of amides is 1. The number of allylic oxidation sites excluding steroid dienone is 2. The van der Waals surface area contributed by atoms with Crippen molar-refractivity contribution in [1.29, 1.82) is 0 Å². The predicted octanol–water partition coefficient (Wildman–Crippen LogP) is 4.19. The number of aromatic nitrogens is 3. The summed E-state index contributed by atoms with van der Waals surface area (Å²) in [5.41, 5.74) is 3.49. The van der Waals surface area contributed by atoms with Gasteiger partial charge in [-0.1, -0.05) is 32.0 Å². The van der Waals surface area contributed by atoms with Gasteiger partial charge < -0.3 is 10.6 Å². The molecule has 7 heteroatoms. The highest BCUT2D eigenvalue weighted by Crippen LogP contribution is 2.46. The van der Waals surface area contributed by atoms with Crippen LogP contribution in [0.25, 0.3) is 0 Å². The molecular formula is C24H23N5O2. The molecule has 2 aliphatic rings. The van der Waals surface area contributed by atoms with E-state index < -0.39 is 6.04 Å². The van der Waals surface area contributed by atoms with E-state index in [9.17, 15) is 9.59 Å². The first-order valence-electron chi connectivity index (χ1n) is 10.3. The lowest BCUT2D eigenvalue weighted by Crippen LogP contribution is -2.37. The number of benzene rings is 1. The minimum Gasteiger partial charge on any atom is -0.343 e. The molecule has 31 heavy (non-hydrogen) atoms. The van der Waals surface area contributed by atoms with Crippen LogP contribution < -0.4 is 10.6 Å². The molecule has 3 aromatic rings. The highest BCUT2D eigenvalue weighted by molar-refractivity contribution is 6.08. The van der Waals surface area contributed by atoms with E-state index >= 15 is 0 Å². The average Bonchev–Trinajstić information content (AvgIpc) is 3.16. The van der Waals surface area contributed by atoms with Crippen LogP contribution in [0.15, 0.2) is 72.3 Å². The van der Waals surface area contributed by atoms with Gasteiger partial charge in [-0.3, -0.25) is 14.6 Å². The quantitative estimate of drug-likeness (QED) is 0.672. The maximum absolute atomic E-state index is 13.2. The van der Waals surface area contributed by atoms with E-state index in [1.807, 2.05) is 42.5 Å². The van der Waals surface area contributed by atoms with Crippen molar-refractivity contribution in [3.8, 4) is 0 Å². The molecule has 0 fully saturated rings. The second-order valence-corrected chi connectivity index (χ2v) is 8.81. The molecule has 0 radical (unpaired) electrons. The predicted molar refractivity (Wildman–Crippen MR) is 118 cm³/mol. The van der Waals surface area contributed by atoms with E-state index in [1.165, 1.54) is 0 Å². The monoisotopic (exact) mass is 413 g/mol. The number of rotatable bonds is 3. The number of nitrogens with one attached hydrogen (secondary N) is 2. The maximum atomic E-state index is 13.2. The van der Waals surface area contributed by atoms with Gasteiger partial charge in [0.15, 0.2) is 5.78 Å². The molecule has 0 bridgehead atoms. The Balaban J connectivity index is 1.60. The van der Waals surface area contributed by atoms with Gasteiger partial charge in [0.05, 0.1) is 6.20 Å². The van der Waals surface area contributed by atoms with Crippen molar-refractivity contribution in [1.82, 2.24) is 14.8 Å². The molecule has 3 heterocycles. The molecule has 1 atom stereocenters. The Kier molecular flexibility index (Phi) is 4.46. The third kappa shape index (κ3) is 3.42. The smallest absolute Gasteiger partial charge is 0.261 e. The summed E-state index contributed by atoms with van der Waals surface area (Å²) in [6.45, 7) is 4.18. The molecule has 2 aromatic heterocycles. The SMILES string of the molecule is CC1(C)CC(=O)C2=C(C1)Nc1c(C(=O)Nc3ccccc3)cnn1C2c1ccncc1. The van der Waals surface area contributed by atoms with E-state index in [0.717, 1.165) is 23.3 Å². The fourth-order valence-electron chi connectivity index (χ4n) is 4.45. The van der Waals surface area contributed by atoms with Gasteiger partial charge in [0, 0.05) is 35.8 Å². The molecule has 1 amide bonds. The van der Waals surface area contributed by atoms with Gasteiger partial charge in [-0.15, -0.1) is 0 Å². The largest absolute Gasteiger partial charge is 0.343 e. The van der Waals surface area contributed by atoms with Crippen LogP contribution in [0.4, 0.5) is 11.5 Å². The van der Waals surface area contributed by atoms with Gasteiger partial charge in [-0.2, -0.15) is 5.10 Å². The van der Waals surface area contributed by atoms with E-state index in [4.69, 9.17) is 0 Å². The number of nitrogens with zero attached hydrogens (tertiary/aromatic N) is 3. The lowest BCUT2D eigenvalue weighted by Gasteiger charge is -2.39. The van der Waals surface area contributed by atoms with Gasteiger partial charge in [0.1, 0.15) is 17.4 Å². The topological polar surface area (TPSA) is 88.9 Å². The summed E-state index contributed by atoms with van der Waals surface area (Å²) in [5, 5.41) is 10.8. The van der Waals surface area contributed by atoms with Crippen LogP contribution in [0.5, 0.6) is 0 Å². The van der Waals surface area contributed by atoms with Gasteiger partial charge in [0.25, 0.3) is 5.91 Å². The van der Waals surface area contributed by atoms with Crippen molar-refractivity contribution in [3.63, 3.8) is 0 Å². The average molecular weight is 413 g/mol. The molecule has 7 nitrogen and oxygen atoms in total. The molecule has 1 aromatic carbocycles. The summed E-state index contributed by atoms with van der Waals surface area (Å²) in [7, 11) is 0. The normalized spacial score (nSPS) is 19.3. The van der Waals surface area contributed by atoms with Gasteiger partial charge in [-0.05, 0) is 41.7 Å². The second-order valence-electron chi connectivity index (χ2n) is 8.81. The maximum Gasteiger partial charge on any atom is 0.261 e. The zero-order chi connectivity index (χ0) is 21.6. The number of para-hydroxylation sites is 1. The number of carbonyl (C=O) groups excluding carboxylic acids is 2. The second kappa shape index (κ2) is 7.19. The number of ketones is 1. The molecule has 1 aliphatic carbocycles. The Hall–Kier alpha value is -3.74. The molecule has 1 unspecified atom stereocenters. The lowest BCUT2D eigenvalue weighted by atomic mass is 9.73. The number of fused-ring (bicyclic) bond motifs is 1. The molecule has 5 rings (SSSR count). The Morgan fingerprint density at radius 2 is 1.87 bits per heavy atom. The molecular weight excluding hydrogens is 390 g/mol. The zero-order valence-electron chi connectivity index (χ0n) is 17.4. The van der Waals surface area contributed by atoms with Crippen molar-refractivity contribution < 1.29 is 9.59 Å². The van der Waals surface area contributed by atoms with Crippen molar-refractivity contribution in [3.05, 3.63) is 83.5 Å². The van der Waals surface area contributed by atoms with Crippen LogP contribution in [0.2, 0.25) is 0 Å². The summed E-state index contributed by atoms with van der Waals surface area (Å²) < 4.78 is 1.74. The number of hydrogen-bond donors (Lipinski definition) is 2. The fourth-order valence-corrected chi connectivity index (χ4v) is 4.45. The highest BCUT2D eigenvalue weighted by atomic mass is 16.1. The lowest BCUT2D eigenvalue weighted by molar-refractivity contribution is -0.118. The van der Waals surface area contributed by atoms with Gasteiger partial charge >= 0.3 is 0 Å². The standard InChI is InChI=1S/C24H23N5O2/c1-24(2)12-18-20(19(30)13-24)21(15-8-10-25-11-9-15)29-22(28-18)17(14-26-29)23(31)27-16-6-4-3-5-7-16/h3-11,14,21,28H,12-13H2,1-2H3,(H,27,31). The summed E-state index contributed by atoms with van der Waals surface area (Å²) in [5.74, 6) is 0.454. The molecule has 156 valence electrons. The Labute approximate surface area is 180 Å². The first kappa shape index (κ1) is 19.2. The first-order valence-corrected chi connectivity index (χ1v) is 10.3. The number of hydrogen-bond acceptors (Lipinski definition) is 5. The minimum absolute atomic E-state index is 0.108. The molecule has 2 N–H and O–H groups in total. The number of pyridine rings is 1. The van der Waals surface area contributed by atoms with Crippen molar-refractivity contribution >= 4 is 23.2 Å². The minimum atomic E-state index is -0.392. The van der Waals surface area contributed by atoms with E-state index in [0.29, 0.717) is 23.5 Å². The van der Waals surface area contributed by atoms with Crippen molar-refractivity contribution in [2.45, 2.75) is 32.7 Å². The van der Waals surface area contributed by atoms with E-state index in [2.05, 4.69) is 34.6 Å². The zero-order valence-corrected chi connectivity index (χ0v) is 17.4. The van der Waals surface area contributed by atoms with Crippen LogP contribution >= 0.6 is 0 Å². The third-order valence-electron chi connectivity index (χ3n) is 5.80. The van der Waals surface area contributed by atoms with Gasteiger partial charge in [-0.25, -0.2) is 4.68 Å². The van der Waals surface area contributed by atoms with Crippen LogP contribution in [0.1, 0.15) is 48.7 Å². The van der Waals surface area contributed by atoms with Crippen molar-refractivity contribution in [2.75, 3.05) is 10.6 Å². The highest BCUT2D eigenvalue weighted by Gasteiger charge is 2.42. The first-order chi connectivity index (χ1) is 14.9. The fraction of sp³-hybridized carbons (Fsp3) is 0.250. The molecule has 0 spiro atoms. The van der Waals surface area contributed by atoms with Crippen LogP contribution in [0.3, 0.4) is 0 Å².